The molecule has 0 radical (unpaired) electrons. The van der Waals surface area contributed by atoms with Crippen molar-refractivity contribution in [1.29, 1.82) is 0 Å². The zero-order valence-corrected chi connectivity index (χ0v) is 9.73. The van der Waals surface area contributed by atoms with Crippen LogP contribution < -0.4 is 9.64 Å². The molecule has 1 saturated heterocycles. The number of carbonyl (C=O) groups is 2. The molecule has 1 aromatic rings. The van der Waals surface area contributed by atoms with Gasteiger partial charge in [0.05, 0.1) is 19.3 Å². The van der Waals surface area contributed by atoms with Crippen molar-refractivity contribution in [3.8, 4) is 5.75 Å². The summed E-state index contributed by atoms with van der Waals surface area (Å²) >= 11 is 0. The molecule has 17 heavy (non-hydrogen) atoms. The minimum Gasteiger partial charge on any atom is -0.495 e. The normalized spacial score (nSPS) is 14.7. The van der Waals surface area contributed by atoms with E-state index in [1.807, 2.05) is 0 Å². The number of nitrogens with zero attached hydrogens (tertiary/aromatic N) is 1. The first-order valence-electron chi connectivity index (χ1n) is 5.26. The van der Waals surface area contributed by atoms with Crippen molar-refractivity contribution in [2.45, 2.75) is 6.92 Å². The predicted octanol–water partition coefficient (Wildman–Crippen LogP) is 1.85. The van der Waals surface area contributed by atoms with Gasteiger partial charge in [-0.25, -0.2) is 4.79 Å². The summed E-state index contributed by atoms with van der Waals surface area (Å²) in [5.41, 5.74) is 1.18. The Morgan fingerprint density at radius 2 is 2.24 bits per heavy atom. The van der Waals surface area contributed by atoms with E-state index < -0.39 is 0 Å². The van der Waals surface area contributed by atoms with Crippen molar-refractivity contribution < 1.29 is 19.1 Å². The van der Waals surface area contributed by atoms with Crippen molar-refractivity contribution in [3.05, 3.63) is 23.8 Å². The smallest absolute Gasteiger partial charge is 0.414 e. The lowest BCUT2D eigenvalue weighted by atomic mass is 10.1. The fourth-order valence-electron chi connectivity index (χ4n) is 1.73. The maximum absolute atomic E-state index is 11.4. The Labute approximate surface area is 98.9 Å². The lowest BCUT2D eigenvalue weighted by molar-refractivity contribution is 0.101. The minimum atomic E-state index is -0.390. The number of hydrogen-bond donors (Lipinski definition) is 0. The van der Waals surface area contributed by atoms with Crippen LogP contribution in [0.1, 0.15) is 17.3 Å². The number of cyclic esters (lactones) is 1. The highest BCUT2D eigenvalue weighted by molar-refractivity contribution is 5.97. The van der Waals surface area contributed by atoms with Crippen LogP contribution in [0.5, 0.6) is 5.75 Å². The fraction of sp³-hybridized carbons (Fsp3) is 0.333. The van der Waals surface area contributed by atoms with Crippen molar-refractivity contribution in [2.75, 3.05) is 25.2 Å². The average Bonchev–Trinajstić information content (AvgIpc) is 2.74. The fourth-order valence-corrected chi connectivity index (χ4v) is 1.73. The van der Waals surface area contributed by atoms with Crippen LogP contribution in [-0.4, -0.2) is 32.1 Å². The van der Waals surface area contributed by atoms with Crippen LogP contribution in [-0.2, 0) is 4.74 Å². The molecule has 1 aliphatic rings. The Balaban J connectivity index is 2.40. The summed E-state index contributed by atoms with van der Waals surface area (Å²) in [5, 5.41) is 0. The molecule has 0 N–H and O–H groups in total. The van der Waals surface area contributed by atoms with E-state index in [0.717, 1.165) is 0 Å². The van der Waals surface area contributed by atoms with Crippen LogP contribution in [0.25, 0.3) is 0 Å². The molecule has 0 unspecified atom stereocenters. The van der Waals surface area contributed by atoms with E-state index in [0.29, 0.717) is 30.2 Å². The number of hydrogen-bond acceptors (Lipinski definition) is 4. The third-order valence-electron chi connectivity index (χ3n) is 2.64. The number of carbonyl (C=O) groups excluding carboxylic acids is 2. The first kappa shape index (κ1) is 11.4. The molecule has 0 saturated carbocycles. The molecule has 1 aliphatic heterocycles. The summed E-state index contributed by atoms with van der Waals surface area (Å²) < 4.78 is 10.1. The monoisotopic (exact) mass is 235 g/mol. The molecule has 0 atom stereocenters. The lowest BCUT2D eigenvalue weighted by Crippen LogP contribution is -2.23. The third kappa shape index (κ3) is 2.08. The van der Waals surface area contributed by atoms with Crippen LogP contribution in [0.2, 0.25) is 0 Å². The van der Waals surface area contributed by atoms with Gasteiger partial charge in [-0.05, 0) is 25.1 Å². The summed E-state index contributed by atoms with van der Waals surface area (Å²) in [4.78, 5) is 24.2. The van der Waals surface area contributed by atoms with Crippen molar-refractivity contribution in [3.63, 3.8) is 0 Å². The number of methoxy groups -OCH3 is 1. The molecule has 1 aromatic carbocycles. The second-order valence-electron chi connectivity index (χ2n) is 3.71. The van der Waals surface area contributed by atoms with E-state index in [2.05, 4.69) is 0 Å². The van der Waals surface area contributed by atoms with Gasteiger partial charge in [-0.2, -0.15) is 0 Å². The van der Waals surface area contributed by atoms with Gasteiger partial charge in [0.2, 0.25) is 0 Å². The van der Waals surface area contributed by atoms with Crippen LogP contribution in [0.15, 0.2) is 18.2 Å². The molecule has 5 nitrogen and oxygen atoms in total. The van der Waals surface area contributed by atoms with Crippen molar-refractivity contribution in [2.24, 2.45) is 0 Å². The molecule has 5 heteroatoms. The summed E-state index contributed by atoms with van der Waals surface area (Å²) in [5.74, 6) is 0.454. The van der Waals surface area contributed by atoms with Gasteiger partial charge in [-0.1, -0.05) is 0 Å². The summed E-state index contributed by atoms with van der Waals surface area (Å²) in [6.07, 6.45) is -0.390. The van der Waals surface area contributed by atoms with Gasteiger partial charge in [0.15, 0.2) is 5.78 Å². The minimum absolute atomic E-state index is 0.0427. The second kappa shape index (κ2) is 4.45. The summed E-state index contributed by atoms with van der Waals surface area (Å²) in [6, 6.07) is 5.00. The standard InChI is InChI=1S/C12H13NO4/c1-8(14)9-3-4-10(11(7-9)16-2)13-5-6-17-12(13)15/h3-4,7H,5-6H2,1-2H3. The van der Waals surface area contributed by atoms with E-state index in [9.17, 15) is 9.59 Å². The Bertz CT molecular complexity index is 470. The van der Waals surface area contributed by atoms with Gasteiger partial charge in [0, 0.05) is 5.56 Å². The van der Waals surface area contributed by atoms with Gasteiger partial charge in [0.25, 0.3) is 0 Å². The highest BCUT2D eigenvalue weighted by Gasteiger charge is 2.26. The van der Waals surface area contributed by atoms with Gasteiger partial charge in [-0.3, -0.25) is 9.69 Å². The van der Waals surface area contributed by atoms with Gasteiger partial charge in [0.1, 0.15) is 12.4 Å². The Morgan fingerprint density at radius 3 is 2.76 bits per heavy atom. The quantitative estimate of drug-likeness (QED) is 0.750. The largest absolute Gasteiger partial charge is 0.495 e. The number of amides is 1. The summed E-state index contributed by atoms with van der Waals surface area (Å²) in [6.45, 7) is 2.35. The van der Waals surface area contributed by atoms with Gasteiger partial charge >= 0.3 is 6.09 Å². The van der Waals surface area contributed by atoms with Gasteiger partial charge in [-0.15, -0.1) is 0 Å². The maximum Gasteiger partial charge on any atom is 0.414 e. The van der Waals surface area contributed by atoms with Crippen LogP contribution in [0, 0.1) is 0 Å². The van der Waals surface area contributed by atoms with E-state index >= 15 is 0 Å². The van der Waals surface area contributed by atoms with Crippen molar-refractivity contribution in [1.82, 2.24) is 0 Å². The highest BCUT2D eigenvalue weighted by atomic mass is 16.6. The van der Waals surface area contributed by atoms with Gasteiger partial charge < -0.3 is 9.47 Å². The summed E-state index contributed by atoms with van der Waals surface area (Å²) in [7, 11) is 1.50. The molecule has 1 amide bonds. The average molecular weight is 235 g/mol. The van der Waals surface area contributed by atoms with Crippen LogP contribution in [0.4, 0.5) is 10.5 Å². The number of rotatable bonds is 3. The number of anilines is 1. The third-order valence-corrected chi connectivity index (χ3v) is 2.64. The zero-order valence-electron chi connectivity index (χ0n) is 9.73. The first-order valence-corrected chi connectivity index (χ1v) is 5.26. The lowest BCUT2D eigenvalue weighted by Gasteiger charge is -2.16. The SMILES string of the molecule is COc1cc(C(C)=O)ccc1N1CCOC1=O. The molecule has 90 valence electrons. The molecule has 1 fully saturated rings. The van der Waals surface area contributed by atoms with Crippen LogP contribution in [0.3, 0.4) is 0 Å². The van der Waals surface area contributed by atoms with E-state index in [1.165, 1.54) is 18.9 Å². The zero-order chi connectivity index (χ0) is 12.4. The molecule has 0 spiro atoms. The number of ketones is 1. The van der Waals surface area contributed by atoms with E-state index in [1.54, 1.807) is 18.2 Å². The topological polar surface area (TPSA) is 55.8 Å². The first-order chi connectivity index (χ1) is 8.13. The Kier molecular flexibility index (Phi) is 2.99. The highest BCUT2D eigenvalue weighted by Crippen LogP contribution is 2.31. The Hall–Kier alpha value is -2.04. The predicted molar refractivity (Wildman–Crippen MR) is 61.7 cm³/mol. The number of ether oxygens (including phenoxy) is 2. The molecule has 0 bridgehead atoms. The maximum atomic E-state index is 11.4. The molecule has 0 aromatic heterocycles. The molecule has 0 aliphatic carbocycles. The number of benzene rings is 1. The molecular formula is C12H13NO4. The number of Topliss-reactive ketones (excluding diaryl/α,β-unsaturated/α-hetero) is 1. The molecule has 2 rings (SSSR count). The van der Waals surface area contributed by atoms with Crippen molar-refractivity contribution >= 4 is 17.6 Å². The van der Waals surface area contributed by atoms with E-state index in [4.69, 9.17) is 9.47 Å². The van der Waals surface area contributed by atoms with Crippen LogP contribution >= 0.6 is 0 Å². The van der Waals surface area contributed by atoms with E-state index in [-0.39, 0.29) is 11.9 Å². The molecule has 1 heterocycles. The second-order valence-corrected chi connectivity index (χ2v) is 3.71. The molecular weight excluding hydrogens is 222 g/mol. The Morgan fingerprint density at radius 1 is 1.47 bits per heavy atom.